The number of fused-ring (bicyclic) bond motifs is 12. The number of rotatable bonds is 5. The maximum Gasteiger partial charge on any atom is 0.333 e. The molecule has 0 atom stereocenters. The van der Waals surface area contributed by atoms with Crippen LogP contribution in [0.5, 0.6) is 0 Å². The van der Waals surface area contributed by atoms with Crippen LogP contribution >= 0.6 is 0 Å². The summed E-state index contributed by atoms with van der Waals surface area (Å²) in [6.45, 7) is 6.81. The molecule has 0 saturated heterocycles. The van der Waals surface area contributed by atoms with Crippen LogP contribution in [0.2, 0.25) is 0 Å². The van der Waals surface area contributed by atoms with Gasteiger partial charge in [0.25, 0.3) is 0 Å². The lowest BCUT2D eigenvalue weighted by atomic mass is 9.43. The summed E-state index contributed by atoms with van der Waals surface area (Å²) in [6, 6.07) is 66.1. The van der Waals surface area contributed by atoms with E-state index in [9.17, 15) is 0 Å². The molecule has 2 aromatic heterocycles. The van der Waals surface area contributed by atoms with E-state index in [0.717, 1.165) is 91.1 Å². The largest absolute Gasteiger partial charge is 0.456 e. The van der Waals surface area contributed by atoms with Gasteiger partial charge in [-0.05, 0) is 251 Å². The Labute approximate surface area is 475 Å². The van der Waals surface area contributed by atoms with Gasteiger partial charge in [0.05, 0.1) is 11.4 Å². The van der Waals surface area contributed by atoms with Gasteiger partial charge in [-0.3, -0.25) is 0 Å². The van der Waals surface area contributed by atoms with Crippen LogP contribution in [0.1, 0.15) is 115 Å². The zero-order chi connectivity index (χ0) is 53.3. The van der Waals surface area contributed by atoms with Gasteiger partial charge in [0, 0.05) is 49.7 Å². The fraction of sp³-hybridized carbons (Fsp3) is 0.316. The van der Waals surface area contributed by atoms with Gasteiger partial charge in [0.1, 0.15) is 16.7 Å². The van der Waals surface area contributed by atoms with Crippen molar-refractivity contribution in [3.63, 3.8) is 0 Å². The second-order valence-electron chi connectivity index (χ2n) is 28.5. The van der Waals surface area contributed by atoms with E-state index in [4.69, 9.17) is 8.83 Å². The van der Waals surface area contributed by atoms with Crippen molar-refractivity contribution in [3.8, 4) is 22.3 Å². The average molecular weight is 1050 g/mol. The highest BCUT2D eigenvalue weighted by Crippen LogP contribution is 2.64. The molecule has 8 aliphatic carbocycles. The maximum absolute atomic E-state index is 7.48. The fourth-order valence-corrected chi connectivity index (χ4v) is 20.0. The summed E-state index contributed by atoms with van der Waals surface area (Å²) in [4.78, 5) is 5.41. The smallest absolute Gasteiger partial charge is 0.333 e. The third kappa shape index (κ3) is 6.55. The van der Waals surface area contributed by atoms with Gasteiger partial charge in [-0.25, -0.2) is 0 Å². The number of hydrogen-bond acceptors (Lipinski definition) is 4. The molecule has 8 saturated carbocycles. The third-order valence-corrected chi connectivity index (χ3v) is 22.6. The molecule has 4 nitrogen and oxygen atoms in total. The van der Waals surface area contributed by atoms with Crippen molar-refractivity contribution >= 4 is 101 Å². The summed E-state index contributed by atoms with van der Waals surface area (Å²) in [6.07, 6.45) is 16.7. The predicted octanol–water partition coefficient (Wildman–Crippen LogP) is 19.2. The Morgan fingerprint density at radius 1 is 0.444 bits per heavy atom. The molecule has 0 N–H and O–H groups in total. The van der Waals surface area contributed by atoms with Crippen LogP contribution in [0, 0.1) is 35.5 Å². The summed E-state index contributed by atoms with van der Waals surface area (Å²) in [7, 11) is 0. The van der Waals surface area contributed by atoms with E-state index in [1.54, 1.807) is 11.1 Å². The Kier molecular flexibility index (Phi) is 9.20. The fourth-order valence-electron chi connectivity index (χ4n) is 20.0. The zero-order valence-electron chi connectivity index (χ0n) is 46.9. The van der Waals surface area contributed by atoms with E-state index < -0.39 is 0 Å². The molecule has 2 aliphatic heterocycles. The maximum atomic E-state index is 7.48. The molecule has 9 aromatic carbocycles. The Balaban J connectivity index is 0.930. The van der Waals surface area contributed by atoms with Gasteiger partial charge in [0.15, 0.2) is 5.58 Å². The molecule has 21 rings (SSSR count). The van der Waals surface area contributed by atoms with Crippen molar-refractivity contribution in [2.45, 2.75) is 114 Å². The summed E-state index contributed by atoms with van der Waals surface area (Å²) < 4.78 is 14.6. The van der Waals surface area contributed by atoms with Crippen LogP contribution in [-0.2, 0) is 16.2 Å². The van der Waals surface area contributed by atoms with Gasteiger partial charge in [0.2, 0.25) is 0 Å². The summed E-state index contributed by atoms with van der Waals surface area (Å²) >= 11 is 0. The van der Waals surface area contributed by atoms with E-state index in [1.807, 2.05) is 0 Å². The molecule has 5 heteroatoms. The van der Waals surface area contributed by atoms with Gasteiger partial charge in [-0.1, -0.05) is 118 Å². The lowest BCUT2D eigenvalue weighted by Crippen LogP contribution is -2.61. The van der Waals surface area contributed by atoms with E-state index in [1.165, 1.54) is 143 Å². The van der Waals surface area contributed by atoms with Crippen molar-refractivity contribution in [2.24, 2.45) is 35.5 Å². The molecule has 4 heterocycles. The lowest BCUT2D eigenvalue weighted by molar-refractivity contribution is -0.00528. The molecule has 10 aliphatic rings. The minimum Gasteiger partial charge on any atom is -0.456 e. The van der Waals surface area contributed by atoms with Crippen LogP contribution in [0.25, 0.3) is 76.9 Å². The average Bonchev–Trinajstić information content (AvgIpc) is 3.26. The van der Waals surface area contributed by atoms with Crippen LogP contribution in [-0.4, -0.2) is 6.85 Å². The first-order valence-corrected chi connectivity index (χ1v) is 31.0. The molecule has 396 valence electrons. The Bertz CT molecular complexity index is 4430. The summed E-state index contributed by atoms with van der Waals surface area (Å²) in [5.41, 5.74) is 22.2. The molecule has 11 aromatic rings. The number of para-hydroxylation sites is 1. The van der Waals surface area contributed by atoms with Gasteiger partial charge >= 0.3 is 6.85 Å². The van der Waals surface area contributed by atoms with E-state index in [2.05, 4.69) is 200 Å². The first kappa shape index (κ1) is 46.1. The zero-order valence-corrected chi connectivity index (χ0v) is 46.9. The van der Waals surface area contributed by atoms with E-state index in [0.29, 0.717) is 5.41 Å². The quantitative estimate of drug-likeness (QED) is 0.161. The molecule has 0 amide bonds. The minimum atomic E-state index is -0.215. The van der Waals surface area contributed by atoms with Crippen molar-refractivity contribution in [1.29, 1.82) is 0 Å². The number of nitrogens with zero attached hydrogens (tertiary/aromatic N) is 2. The summed E-state index contributed by atoms with van der Waals surface area (Å²) in [5.74, 6) is 5.22. The number of anilines is 5. The highest BCUT2D eigenvalue weighted by atomic mass is 16.3. The van der Waals surface area contributed by atoms with Gasteiger partial charge < -0.3 is 18.5 Å². The van der Waals surface area contributed by atoms with Crippen molar-refractivity contribution in [1.82, 2.24) is 0 Å². The molecule has 0 radical (unpaired) electrons. The molecular formula is C76H67BN2O2. The van der Waals surface area contributed by atoms with Gasteiger partial charge in [-0.2, -0.15) is 0 Å². The second-order valence-corrected chi connectivity index (χ2v) is 28.5. The normalized spacial score (nSPS) is 26.6. The second kappa shape index (κ2) is 16.2. The van der Waals surface area contributed by atoms with Crippen LogP contribution in [0.4, 0.5) is 28.4 Å². The predicted molar refractivity (Wildman–Crippen MR) is 336 cm³/mol. The van der Waals surface area contributed by atoms with E-state index in [-0.39, 0.29) is 17.7 Å². The first-order valence-electron chi connectivity index (χ1n) is 31.0. The van der Waals surface area contributed by atoms with E-state index >= 15 is 0 Å². The van der Waals surface area contributed by atoms with Crippen LogP contribution in [0.3, 0.4) is 0 Å². The molecule has 8 bridgehead atoms. The van der Waals surface area contributed by atoms with Crippen molar-refractivity contribution in [3.05, 3.63) is 187 Å². The summed E-state index contributed by atoms with van der Waals surface area (Å²) in [5, 5.41) is 6.98. The Morgan fingerprint density at radius 3 is 1.73 bits per heavy atom. The lowest BCUT2D eigenvalue weighted by Gasteiger charge is -2.57. The van der Waals surface area contributed by atoms with Crippen LogP contribution in [0.15, 0.2) is 179 Å². The third-order valence-electron chi connectivity index (χ3n) is 22.6. The van der Waals surface area contributed by atoms with Crippen LogP contribution < -0.4 is 20.6 Å². The number of hydrogen-bond donors (Lipinski definition) is 0. The molecule has 0 unspecified atom stereocenters. The van der Waals surface area contributed by atoms with Crippen molar-refractivity contribution in [2.75, 3.05) is 9.71 Å². The molecule has 8 fully saturated rings. The first-order chi connectivity index (χ1) is 39.6. The Hall–Kier alpha value is -7.50. The van der Waals surface area contributed by atoms with Gasteiger partial charge in [-0.15, -0.1) is 0 Å². The molecular weight excluding hydrogens is 984 g/mol. The minimum absolute atomic E-state index is 0.0701. The SMILES string of the molecule is CC(C)(C)c1ccc(N2c3cc4c(cc3B3c5c(cc6c(oc7ccccc76)c52)-c2cc(C56CC7CC(CC(C7)C5)C6)ccc2N3c2ccc(C35CC6CC(CC(C6)C3)C5)cc2)oc2cc3ccccc3cc24)c(-c2ccccc2)c1. The van der Waals surface area contributed by atoms with Crippen molar-refractivity contribution < 1.29 is 8.83 Å². The monoisotopic (exact) mass is 1050 g/mol. The highest BCUT2D eigenvalue weighted by molar-refractivity contribution is 6.94. The standard InChI is InChI=1S/C76H67BN2O2/c1-74(2,3)54-19-23-65(58(33-54)50-11-5-4-6-12-50)78-67-36-61-60-31-51-13-7-8-14-52(51)32-69(60)80-70(61)37-64(67)77-71-62(35-63-57-15-9-10-16-68(57)81-73(63)72(71)78)59-34-55(76-41-47-28-48(42-76)30-49(29-47)43-76)20-24-66(59)79(77)56-21-17-53(18-22-56)75-38-44-25-45(39-75)27-46(26-44)40-75/h4-24,31-37,44-49H,25-30,38-43H2,1-3H3. The Morgan fingerprint density at radius 2 is 1.04 bits per heavy atom. The topological polar surface area (TPSA) is 32.8 Å². The molecule has 0 spiro atoms. The number of furan rings is 2. The highest BCUT2D eigenvalue weighted by Gasteiger charge is 2.54. The molecule has 81 heavy (non-hydrogen) atoms. The number of benzene rings is 9.